The number of aryl methyl sites for hydroxylation is 2. The number of carbonyl (C=O) groups excluding carboxylic acids is 1. The molecule has 8 heteroatoms. The quantitative estimate of drug-likeness (QED) is 0.786. The molecule has 2 aromatic rings. The second-order valence-corrected chi connectivity index (χ2v) is 8.65. The molecule has 0 saturated carbocycles. The van der Waals surface area contributed by atoms with E-state index in [0.29, 0.717) is 22.1 Å². The van der Waals surface area contributed by atoms with E-state index in [1.807, 2.05) is 19.9 Å². The number of ether oxygens (including phenoxy) is 1. The van der Waals surface area contributed by atoms with E-state index in [-0.39, 0.29) is 0 Å². The zero-order valence-corrected chi connectivity index (χ0v) is 17.5. The van der Waals surface area contributed by atoms with E-state index < -0.39 is 22.0 Å². The maximum Gasteiger partial charge on any atom is 0.248 e. The number of methoxy groups -OCH3 is 1. The van der Waals surface area contributed by atoms with Crippen LogP contribution in [0.2, 0.25) is 5.02 Å². The van der Waals surface area contributed by atoms with Crippen LogP contribution in [0.15, 0.2) is 36.4 Å². The lowest BCUT2D eigenvalue weighted by molar-refractivity contribution is -0.116. The summed E-state index contributed by atoms with van der Waals surface area (Å²) in [6.45, 7) is 5.19. The minimum Gasteiger partial charge on any atom is -0.495 e. The number of hydrogen-bond acceptors (Lipinski definition) is 4. The van der Waals surface area contributed by atoms with Gasteiger partial charge in [-0.25, -0.2) is 8.42 Å². The molecule has 0 heterocycles. The smallest absolute Gasteiger partial charge is 0.248 e. The van der Waals surface area contributed by atoms with Crippen molar-refractivity contribution in [2.45, 2.75) is 26.8 Å². The Bertz CT molecular complexity index is 960. The topological polar surface area (TPSA) is 75.7 Å². The molecule has 27 heavy (non-hydrogen) atoms. The van der Waals surface area contributed by atoms with Gasteiger partial charge in [0, 0.05) is 10.7 Å². The molecular weight excluding hydrogens is 388 g/mol. The third-order valence-electron chi connectivity index (χ3n) is 4.12. The monoisotopic (exact) mass is 410 g/mol. The van der Waals surface area contributed by atoms with Crippen LogP contribution >= 0.6 is 11.6 Å². The maximum atomic E-state index is 12.8. The molecule has 0 fully saturated rings. The average Bonchev–Trinajstić information content (AvgIpc) is 2.57. The molecule has 0 aliphatic heterocycles. The second-order valence-electron chi connectivity index (χ2n) is 6.36. The van der Waals surface area contributed by atoms with Crippen molar-refractivity contribution in [2.75, 3.05) is 23.0 Å². The Kier molecular flexibility index (Phi) is 6.38. The van der Waals surface area contributed by atoms with E-state index in [4.69, 9.17) is 16.3 Å². The van der Waals surface area contributed by atoms with Gasteiger partial charge >= 0.3 is 0 Å². The summed E-state index contributed by atoms with van der Waals surface area (Å²) >= 11 is 5.99. The van der Waals surface area contributed by atoms with Gasteiger partial charge in [0.05, 0.1) is 19.1 Å². The summed E-state index contributed by atoms with van der Waals surface area (Å²) in [5, 5.41) is 3.23. The summed E-state index contributed by atoms with van der Waals surface area (Å²) in [5.41, 5.74) is 2.51. The molecule has 0 bridgehead atoms. The van der Waals surface area contributed by atoms with Crippen LogP contribution in [0.4, 0.5) is 11.4 Å². The van der Waals surface area contributed by atoms with E-state index in [1.54, 1.807) is 30.3 Å². The highest BCUT2D eigenvalue weighted by Crippen LogP contribution is 2.33. The van der Waals surface area contributed by atoms with Crippen LogP contribution in [-0.4, -0.2) is 33.7 Å². The van der Waals surface area contributed by atoms with Crippen molar-refractivity contribution < 1.29 is 17.9 Å². The summed E-state index contributed by atoms with van der Waals surface area (Å²) in [6.07, 6.45) is 1.06. The molecule has 1 atom stereocenters. The fourth-order valence-corrected chi connectivity index (χ4v) is 4.06. The van der Waals surface area contributed by atoms with Crippen LogP contribution in [0, 0.1) is 13.8 Å². The summed E-state index contributed by atoms with van der Waals surface area (Å²) in [4.78, 5) is 12.8. The van der Waals surface area contributed by atoms with E-state index in [1.165, 1.54) is 14.0 Å². The Morgan fingerprint density at radius 2 is 1.85 bits per heavy atom. The highest BCUT2D eigenvalue weighted by molar-refractivity contribution is 7.92. The predicted molar refractivity (Wildman–Crippen MR) is 109 cm³/mol. The normalized spacial score (nSPS) is 12.4. The first-order chi connectivity index (χ1) is 12.5. The minimum atomic E-state index is -3.76. The third kappa shape index (κ3) is 4.93. The number of benzene rings is 2. The van der Waals surface area contributed by atoms with Crippen LogP contribution in [-0.2, 0) is 14.8 Å². The molecular formula is C19H23ClN2O4S. The van der Waals surface area contributed by atoms with Crippen molar-refractivity contribution in [3.05, 3.63) is 52.5 Å². The molecule has 0 spiro atoms. The van der Waals surface area contributed by atoms with E-state index in [2.05, 4.69) is 5.32 Å². The molecule has 0 aliphatic rings. The van der Waals surface area contributed by atoms with Gasteiger partial charge < -0.3 is 10.1 Å². The first kappa shape index (κ1) is 21.1. The number of halogens is 1. The number of amides is 1. The molecule has 1 N–H and O–H groups in total. The SMILES string of the molecule is COc1ccc(C)cc1N([C@@H](C)C(=O)Nc1cc(Cl)ccc1C)S(C)(=O)=O. The zero-order chi connectivity index (χ0) is 20.4. The second kappa shape index (κ2) is 8.19. The lowest BCUT2D eigenvalue weighted by Gasteiger charge is -2.29. The molecule has 6 nitrogen and oxygen atoms in total. The summed E-state index contributed by atoms with van der Waals surface area (Å²) in [5.74, 6) is -0.112. The van der Waals surface area contributed by atoms with Gasteiger partial charge in [-0.1, -0.05) is 23.7 Å². The van der Waals surface area contributed by atoms with Crippen LogP contribution in [0.3, 0.4) is 0 Å². The van der Waals surface area contributed by atoms with Gasteiger partial charge in [-0.2, -0.15) is 0 Å². The highest BCUT2D eigenvalue weighted by atomic mass is 35.5. The van der Waals surface area contributed by atoms with Crippen molar-refractivity contribution in [2.24, 2.45) is 0 Å². The fourth-order valence-electron chi connectivity index (χ4n) is 2.72. The van der Waals surface area contributed by atoms with Gasteiger partial charge in [-0.05, 0) is 56.2 Å². The number of nitrogens with zero attached hydrogens (tertiary/aromatic N) is 1. The van der Waals surface area contributed by atoms with Gasteiger partial charge in [0.1, 0.15) is 11.8 Å². The van der Waals surface area contributed by atoms with Crippen LogP contribution < -0.4 is 14.4 Å². The minimum absolute atomic E-state index is 0.311. The number of rotatable bonds is 6. The maximum absolute atomic E-state index is 12.8. The van der Waals surface area contributed by atoms with Crippen molar-refractivity contribution in [3.63, 3.8) is 0 Å². The van der Waals surface area contributed by atoms with Crippen LogP contribution in [0.5, 0.6) is 5.75 Å². The van der Waals surface area contributed by atoms with Crippen LogP contribution in [0.1, 0.15) is 18.1 Å². The molecule has 1 amide bonds. The first-order valence-electron chi connectivity index (χ1n) is 8.25. The first-order valence-corrected chi connectivity index (χ1v) is 10.5. The van der Waals surface area contributed by atoms with Gasteiger partial charge in [0.25, 0.3) is 0 Å². The third-order valence-corrected chi connectivity index (χ3v) is 5.58. The number of hydrogen-bond donors (Lipinski definition) is 1. The van der Waals surface area contributed by atoms with Crippen molar-refractivity contribution in [1.82, 2.24) is 0 Å². The molecule has 0 unspecified atom stereocenters. The van der Waals surface area contributed by atoms with Crippen LogP contribution in [0.25, 0.3) is 0 Å². The molecule has 0 aliphatic carbocycles. The Morgan fingerprint density at radius 3 is 2.44 bits per heavy atom. The predicted octanol–water partition coefficient (Wildman–Crippen LogP) is 3.76. The number of sulfonamides is 1. The number of nitrogens with one attached hydrogen (secondary N) is 1. The summed E-state index contributed by atoms with van der Waals surface area (Å²) < 4.78 is 31.4. The summed E-state index contributed by atoms with van der Waals surface area (Å²) in [7, 11) is -2.30. The van der Waals surface area contributed by atoms with E-state index in [0.717, 1.165) is 21.7 Å². The van der Waals surface area contributed by atoms with E-state index in [9.17, 15) is 13.2 Å². The van der Waals surface area contributed by atoms with Gasteiger partial charge in [0.2, 0.25) is 15.9 Å². The molecule has 0 saturated heterocycles. The van der Waals surface area contributed by atoms with Crippen molar-refractivity contribution >= 4 is 38.9 Å². The Labute approximate surface area is 165 Å². The zero-order valence-electron chi connectivity index (χ0n) is 15.9. The Balaban J connectivity index is 2.44. The molecule has 146 valence electrons. The largest absolute Gasteiger partial charge is 0.495 e. The van der Waals surface area contributed by atoms with Gasteiger partial charge in [-0.3, -0.25) is 9.10 Å². The van der Waals surface area contributed by atoms with Gasteiger partial charge in [0.15, 0.2) is 0 Å². The Hall–Kier alpha value is -2.25. The standard InChI is InChI=1S/C19H23ClN2O4S/c1-12-6-9-18(26-4)17(10-12)22(27(5,24)25)14(3)19(23)21-16-11-15(20)8-7-13(16)2/h6-11,14H,1-5H3,(H,21,23)/t14-/m0/s1. The Morgan fingerprint density at radius 1 is 1.19 bits per heavy atom. The summed E-state index contributed by atoms with van der Waals surface area (Å²) in [6, 6.07) is 9.27. The molecule has 0 aromatic heterocycles. The average molecular weight is 411 g/mol. The molecule has 2 rings (SSSR count). The number of carbonyl (C=O) groups is 1. The lowest BCUT2D eigenvalue weighted by atomic mass is 10.1. The van der Waals surface area contributed by atoms with Gasteiger partial charge in [-0.15, -0.1) is 0 Å². The van der Waals surface area contributed by atoms with Crippen molar-refractivity contribution in [3.8, 4) is 5.75 Å². The molecule has 0 radical (unpaired) electrons. The number of anilines is 2. The lowest BCUT2D eigenvalue weighted by Crippen LogP contribution is -2.45. The van der Waals surface area contributed by atoms with E-state index >= 15 is 0 Å². The highest BCUT2D eigenvalue weighted by Gasteiger charge is 2.31. The molecule has 2 aromatic carbocycles. The fraction of sp³-hybridized carbons (Fsp3) is 0.316. The van der Waals surface area contributed by atoms with Crippen molar-refractivity contribution in [1.29, 1.82) is 0 Å².